The zero-order valence-corrected chi connectivity index (χ0v) is 12.3. The fourth-order valence-electron chi connectivity index (χ4n) is 1.62. The molecule has 19 heavy (non-hydrogen) atoms. The predicted molar refractivity (Wildman–Crippen MR) is 72.6 cm³/mol. The van der Waals surface area contributed by atoms with E-state index in [4.69, 9.17) is 0 Å². The number of hydrogen-bond acceptors (Lipinski definition) is 1. The summed E-state index contributed by atoms with van der Waals surface area (Å²) >= 11 is 0. The Labute approximate surface area is 113 Å². The van der Waals surface area contributed by atoms with E-state index in [9.17, 15) is 13.2 Å². The third-order valence-corrected chi connectivity index (χ3v) is 2.50. The van der Waals surface area contributed by atoms with Crippen LogP contribution in [-0.2, 0) is 6.42 Å². The summed E-state index contributed by atoms with van der Waals surface area (Å²) < 4.78 is 40.1. The summed E-state index contributed by atoms with van der Waals surface area (Å²) in [5.74, 6) is -0.126. The topological polar surface area (TPSA) is 9.23 Å². The van der Waals surface area contributed by atoms with Crippen LogP contribution in [0.1, 0.15) is 50.3 Å². The number of benzene rings is 1. The minimum absolute atomic E-state index is 0.126. The fraction of sp³-hybridized carbons (Fsp3) is 0.600. The van der Waals surface area contributed by atoms with Crippen LogP contribution in [0.25, 0.3) is 0 Å². The Bertz CT molecular complexity index is 384. The molecule has 0 heterocycles. The van der Waals surface area contributed by atoms with Crippen molar-refractivity contribution in [2.45, 2.75) is 60.2 Å². The first-order valence-corrected chi connectivity index (χ1v) is 6.60. The Kier molecular flexibility index (Phi) is 7.57. The van der Waals surface area contributed by atoms with E-state index in [0.717, 1.165) is 29.5 Å². The first kappa shape index (κ1) is 17.8. The molecule has 0 aliphatic carbocycles. The molecule has 0 N–H and O–H groups in total. The molecule has 0 radical (unpaired) electrons. The lowest BCUT2D eigenvalue weighted by Gasteiger charge is -2.13. The molecule has 0 aromatic heterocycles. The van der Waals surface area contributed by atoms with Gasteiger partial charge in [-0.2, -0.15) is 0 Å². The molecule has 1 rings (SSSR count). The van der Waals surface area contributed by atoms with E-state index in [1.54, 1.807) is 6.92 Å². The van der Waals surface area contributed by atoms with Gasteiger partial charge in [-0.15, -0.1) is 13.2 Å². The predicted octanol–water partition coefficient (Wildman–Crippen LogP) is 5.57. The molecule has 1 nitrogen and oxygen atoms in total. The number of aryl methyl sites for hydroxylation is 2. The van der Waals surface area contributed by atoms with Crippen LogP contribution in [0.2, 0.25) is 0 Å². The molecule has 1 aromatic carbocycles. The third-order valence-electron chi connectivity index (χ3n) is 2.50. The minimum Gasteiger partial charge on any atom is -0.406 e. The van der Waals surface area contributed by atoms with Crippen molar-refractivity contribution in [3.63, 3.8) is 0 Å². The summed E-state index contributed by atoms with van der Waals surface area (Å²) in [7, 11) is 0. The van der Waals surface area contributed by atoms with Crippen LogP contribution in [0.15, 0.2) is 12.1 Å². The highest BCUT2D eigenvalue weighted by molar-refractivity contribution is 5.41. The number of alkyl halides is 3. The van der Waals surface area contributed by atoms with Crippen molar-refractivity contribution in [3.8, 4) is 5.75 Å². The molecule has 1 aromatic rings. The van der Waals surface area contributed by atoms with E-state index in [0.29, 0.717) is 0 Å². The summed E-state index contributed by atoms with van der Waals surface area (Å²) in [5, 5.41) is 0. The molecule has 4 heteroatoms. The van der Waals surface area contributed by atoms with E-state index in [2.05, 4.69) is 18.6 Å². The van der Waals surface area contributed by atoms with Gasteiger partial charge in [0.05, 0.1) is 0 Å². The van der Waals surface area contributed by atoms with Gasteiger partial charge in [-0.05, 0) is 49.1 Å². The number of ether oxygens (including phenoxy) is 1. The highest BCUT2D eigenvalue weighted by Crippen LogP contribution is 2.27. The third kappa shape index (κ3) is 7.09. The van der Waals surface area contributed by atoms with Gasteiger partial charge in [0, 0.05) is 0 Å². The molecule has 110 valence electrons. The van der Waals surface area contributed by atoms with E-state index in [-0.39, 0.29) is 5.75 Å². The molecule has 0 saturated heterocycles. The molecule has 0 spiro atoms. The van der Waals surface area contributed by atoms with Crippen molar-refractivity contribution < 1.29 is 17.9 Å². The lowest BCUT2D eigenvalue weighted by molar-refractivity contribution is -0.274. The molecule has 0 atom stereocenters. The van der Waals surface area contributed by atoms with E-state index in [1.807, 2.05) is 13.8 Å². The average molecular weight is 276 g/mol. The molecular weight excluding hydrogens is 253 g/mol. The van der Waals surface area contributed by atoms with Gasteiger partial charge in [0.2, 0.25) is 0 Å². The first-order chi connectivity index (χ1) is 8.75. The van der Waals surface area contributed by atoms with Gasteiger partial charge in [-0.1, -0.05) is 33.6 Å². The van der Waals surface area contributed by atoms with Crippen molar-refractivity contribution >= 4 is 0 Å². The molecule has 0 unspecified atom stereocenters. The van der Waals surface area contributed by atoms with Crippen LogP contribution in [0, 0.1) is 13.8 Å². The van der Waals surface area contributed by atoms with Crippen LogP contribution < -0.4 is 4.74 Å². The maximum absolute atomic E-state index is 12.1. The normalized spacial score (nSPS) is 10.7. The lowest BCUT2D eigenvalue weighted by atomic mass is 9.99. The average Bonchev–Trinajstić information content (AvgIpc) is 2.24. The zero-order chi connectivity index (χ0) is 15.1. The summed E-state index contributed by atoms with van der Waals surface area (Å²) in [4.78, 5) is 0. The number of rotatable bonds is 3. The van der Waals surface area contributed by atoms with Crippen molar-refractivity contribution in [1.82, 2.24) is 0 Å². The highest BCUT2D eigenvalue weighted by Gasteiger charge is 2.31. The Hall–Kier alpha value is -1.19. The van der Waals surface area contributed by atoms with Gasteiger partial charge >= 0.3 is 6.36 Å². The van der Waals surface area contributed by atoms with Crippen LogP contribution in [0.4, 0.5) is 13.2 Å². The Balaban J connectivity index is 0.000000982. The van der Waals surface area contributed by atoms with Gasteiger partial charge < -0.3 is 4.74 Å². The molecule has 0 aliphatic rings. The van der Waals surface area contributed by atoms with E-state index < -0.39 is 6.36 Å². The van der Waals surface area contributed by atoms with Crippen molar-refractivity contribution in [2.24, 2.45) is 0 Å². The summed E-state index contributed by atoms with van der Waals surface area (Å²) in [6, 6.07) is 2.89. The second kappa shape index (κ2) is 8.08. The maximum Gasteiger partial charge on any atom is 0.573 e. The van der Waals surface area contributed by atoms with Crippen molar-refractivity contribution in [2.75, 3.05) is 0 Å². The smallest absolute Gasteiger partial charge is 0.406 e. The summed E-state index contributed by atoms with van der Waals surface area (Å²) in [5.41, 5.74) is 2.78. The molecule has 0 aliphatic heterocycles. The Morgan fingerprint density at radius 3 is 2.00 bits per heavy atom. The molecule has 0 amide bonds. The maximum atomic E-state index is 12.1. The summed E-state index contributed by atoms with van der Waals surface area (Å²) in [6.07, 6.45) is -1.71. The first-order valence-electron chi connectivity index (χ1n) is 6.60. The lowest BCUT2D eigenvalue weighted by Crippen LogP contribution is -2.17. The van der Waals surface area contributed by atoms with Crippen LogP contribution in [-0.4, -0.2) is 6.36 Å². The highest BCUT2D eigenvalue weighted by atomic mass is 19.4. The zero-order valence-electron chi connectivity index (χ0n) is 12.3. The minimum atomic E-state index is -4.62. The monoisotopic (exact) mass is 276 g/mol. The molecule has 0 saturated carbocycles. The summed E-state index contributed by atoms with van der Waals surface area (Å²) in [6.45, 7) is 9.95. The van der Waals surface area contributed by atoms with E-state index in [1.165, 1.54) is 18.6 Å². The SMILES string of the molecule is CCC.CCCc1cc(OC(F)(F)F)cc(C)c1C. The van der Waals surface area contributed by atoms with Gasteiger partial charge in [-0.25, -0.2) is 0 Å². The Morgan fingerprint density at radius 2 is 1.58 bits per heavy atom. The van der Waals surface area contributed by atoms with Gasteiger partial charge in [0.15, 0.2) is 0 Å². The van der Waals surface area contributed by atoms with Crippen molar-refractivity contribution in [1.29, 1.82) is 0 Å². The van der Waals surface area contributed by atoms with Gasteiger partial charge in [-0.3, -0.25) is 0 Å². The standard InChI is InChI=1S/C12H15F3O.C3H8/c1-4-5-10-7-11(16-12(13,14)15)6-8(2)9(10)3;1-3-2/h6-7H,4-5H2,1-3H3;3H2,1-2H3. The number of halogens is 3. The van der Waals surface area contributed by atoms with E-state index >= 15 is 0 Å². The number of hydrogen-bond donors (Lipinski definition) is 0. The quantitative estimate of drug-likeness (QED) is 0.701. The van der Waals surface area contributed by atoms with Gasteiger partial charge in [0.1, 0.15) is 5.75 Å². The molecular formula is C15H23F3O. The Morgan fingerprint density at radius 1 is 1.05 bits per heavy atom. The van der Waals surface area contributed by atoms with Crippen LogP contribution in [0.3, 0.4) is 0 Å². The van der Waals surface area contributed by atoms with Gasteiger partial charge in [0.25, 0.3) is 0 Å². The molecule has 0 bridgehead atoms. The fourth-order valence-corrected chi connectivity index (χ4v) is 1.62. The van der Waals surface area contributed by atoms with Crippen LogP contribution in [0.5, 0.6) is 5.75 Å². The molecule has 0 fully saturated rings. The van der Waals surface area contributed by atoms with Crippen LogP contribution >= 0.6 is 0 Å². The largest absolute Gasteiger partial charge is 0.573 e. The second-order valence-corrected chi connectivity index (χ2v) is 4.53. The van der Waals surface area contributed by atoms with Crippen molar-refractivity contribution in [3.05, 3.63) is 28.8 Å². The second-order valence-electron chi connectivity index (χ2n) is 4.53.